The lowest BCUT2D eigenvalue weighted by molar-refractivity contribution is -0.116. The minimum absolute atomic E-state index is 0.121. The molecule has 2 aliphatic rings. The van der Waals surface area contributed by atoms with Crippen molar-refractivity contribution in [1.29, 1.82) is 0 Å². The van der Waals surface area contributed by atoms with Crippen LogP contribution in [0.4, 0.5) is 4.79 Å². The van der Waals surface area contributed by atoms with Crippen LogP contribution in [0.5, 0.6) is 5.75 Å². The highest BCUT2D eigenvalue weighted by molar-refractivity contribution is 9.10. The molecular formula is C19H24BrNO5. The predicted octanol–water partition coefficient (Wildman–Crippen LogP) is 4.01. The van der Waals surface area contributed by atoms with Gasteiger partial charge in [0.2, 0.25) is 0 Å². The Bertz CT molecular complexity index is 713. The van der Waals surface area contributed by atoms with E-state index < -0.39 is 5.60 Å². The van der Waals surface area contributed by atoms with Crippen molar-refractivity contribution >= 4 is 28.0 Å². The van der Waals surface area contributed by atoms with Gasteiger partial charge in [0.1, 0.15) is 17.5 Å². The molecule has 3 rings (SSSR count). The lowest BCUT2D eigenvalue weighted by Crippen LogP contribution is -2.66. The second kappa shape index (κ2) is 6.76. The quantitative estimate of drug-likeness (QED) is 0.684. The van der Waals surface area contributed by atoms with Crippen molar-refractivity contribution in [2.45, 2.75) is 45.3 Å². The smallest absolute Gasteiger partial charge is 0.410 e. The number of carbonyl (C=O) groups is 2. The molecule has 7 heteroatoms. The van der Waals surface area contributed by atoms with Gasteiger partial charge >= 0.3 is 12.1 Å². The second-order valence-electron chi connectivity index (χ2n) is 8.12. The summed E-state index contributed by atoms with van der Waals surface area (Å²) in [5.41, 5.74) is 0.178. The third-order valence-electron chi connectivity index (χ3n) is 4.67. The number of nitrogens with zero attached hydrogens (tertiary/aromatic N) is 1. The van der Waals surface area contributed by atoms with Crippen LogP contribution in [0.3, 0.4) is 0 Å². The second-order valence-corrected chi connectivity index (χ2v) is 8.98. The molecule has 142 valence electrons. The fraction of sp³-hybridized carbons (Fsp3) is 0.579. The molecule has 1 amide bonds. The van der Waals surface area contributed by atoms with Crippen LogP contribution in [0.15, 0.2) is 22.7 Å². The molecular weight excluding hydrogens is 402 g/mol. The van der Waals surface area contributed by atoms with Crippen molar-refractivity contribution < 1.29 is 23.8 Å². The Balaban J connectivity index is 1.48. The summed E-state index contributed by atoms with van der Waals surface area (Å²) in [4.78, 5) is 25.3. The Morgan fingerprint density at radius 3 is 2.42 bits per heavy atom. The average Bonchev–Trinajstić information content (AvgIpc) is 2.46. The fourth-order valence-corrected chi connectivity index (χ4v) is 3.96. The maximum atomic E-state index is 12.0. The van der Waals surface area contributed by atoms with Crippen LogP contribution in [-0.2, 0) is 9.47 Å². The lowest BCUT2D eigenvalue weighted by atomic mass is 9.62. The normalized spacial score (nSPS) is 18.7. The first-order chi connectivity index (χ1) is 12.1. The highest BCUT2D eigenvalue weighted by atomic mass is 79.9. The van der Waals surface area contributed by atoms with Gasteiger partial charge < -0.3 is 19.1 Å². The number of hydrogen-bond acceptors (Lipinski definition) is 5. The summed E-state index contributed by atoms with van der Waals surface area (Å²) in [7, 11) is 1.35. The van der Waals surface area contributed by atoms with Crippen LogP contribution in [0.25, 0.3) is 0 Å². The van der Waals surface area contributed by atoms with Crippen molar-refractivity contribution in [3.8, 4) is 5.75 Å². The Morgan fingerprint density at radius 1 is 1.23 bits per heavy atom. The van der Waals surface area contributed by atoms with Gasteiger partial charge in [-0.3, -0.25) is 0 Å². The maximum Gasteiger partial charge on any atom is 0.410 e. The largest absolute Gasteiger partial charge is 0.489 e. The van der Waals surface area contributed by atoms with Crippen LogP contribution in [0, 0.1) is 5.41 Å². The van der Waals surface area contributed by atoms with Crippen LogP contribution in [0.2, 0.25) is 0 Å². The van der Waals surface area contributed by atoms with E-state index in [0.29, 0.717) is 11.3 Å². The molecule has 1 spiro atoms. The molecule has 6 nitrogen and oxygen atoms in total. The molecule has 0 atom stereocenters. The molecule has 1 aromatic rings. The highest BCUT2D eigenvalue weighted by Gasteiger charge is 2.55. The zero-order chi connectivity index (χ0) is 19.1. The Labute approximate surface area is 161 Å². The van der Waals surface area contributed by atoms with Gasteiger partial charge in [0.25, 0.3) is 0 Å². The Hall–Kier alpha value is -1.76. The number of ether oxygens (including phenoxy) is 3. The van der Waals surface area contributed by atoms with E-state index in [4.69, 9.17) is 14.2 Å². The minimum Gasteiger partial charge on any atom is -0.489 e. The fourth-order valence-electron chi connectivity index (χ4n) is 3.49. The summed E-state index contributed by atoms with van der Waals surface area (Å²) in [6.45, 7) is 7.07. The van der Waals surface area contributed by atoms with Gasteiger partial charge in [0, 0.05) is 18.5 Å². The summed E-state index contributed by atoms with van der Waals surface area (Å²) >= 11 is 3.44. The Morgan fingerprint density at radius 2 is 1.88 bits per heavy atom. The third-order valence-corrected chi connectivity index (χ3v) is 5.29. The van der Waals surface area contributed by atoms with Crippen LogP contribution >= 0.6 is 15.9 Å². The number of benzene rings is 1. The van der Waals surface area contributed by atoms with E-state index in [9.17, 15) is 9.59 Å². The number of hydrogen-bond donors (Lipinski definition) is 0. The third kappa shape index (κ3) is 3.98. The number of rotatable bonds is 3. The molecule has 1 heterocycles. The molecule has 0 radical (unpaired) electrons. The van der Waals surface area contributed by atoms with Crippen LogP contribution < -0.4 is 4.74 Å². The van der Waals surface area contributed by atoms with Crippen molar-refractivity contribution in [3.63, 3.8) is 0 Å². The monoisotopic (exact) mass is 425 g/mol. The van der Waals surface area contributed by atoms with Gasteiger partial charge in [0.05, 0.1) is 17.1 Å². The van der Waals surface area contributed by atoms with E-state index in [2.05, 4.69) is 15.9 Å². The first kappa shape index (κ1) is 19.0. The molecule has 1 saturated heterocycles. The first-order valence-corrected chi connectivity index (χ1v) is 9.43. The molecule has 1 saturated carbocycles. The van der Waals surface area contributed by atoms with E-state index in [1.807, 2.05) is 20.8 Å². The number of likely N-dealkylation sites (tertiary alicyclic amines) is 1. The molecule has 26 heavy (non-hydrogen) atoms. The number of methoxy groups -OCH3 is 1. The summed E-state index contributed by atoms with van der Waals surface area (Å²) in [5, 5.41) is 0. The summed E-state index contributed by atoms with van der Waals surface area (Å²) in [5.74, 6) is 0.331. The zero-order valence-corrected chi connectivity index (χ0v) is 17.1. The molecule has 1 aliphatic carbocycles. The highest BCUT2D eigenvalue weighted by Crippen LogP contribution is 2.50. The molecule has 1 aromatic carbocycles. The minimum atomic E-state index is -0.465. The van der Waals surface area contributed by atoms with Crippen LogP contribution in [0.1, 0.15) is 44.0 Å². The number of esters is 1. The van der Waals surface area contributed by atoms with Crippen molar-refractivity contribution in [2.75, 3.05) is 20.2 Å². The zero-order valence-electron chi connectivity index (χ0n) is 15.5. The van der Waals surface area contributed by atoms with Gasteiger partial charge in [-0.1, -0.05) is 0 Å². The van der Waals surface area contributed by atoms with Gasteiger partial charge in [-0.05, 0) is 67.7 Å². The first-order valence-electron chi connectivity index (χ1n) is 8.63. The molecule has 0 unspecified atom stereocenters. The van der Waals surface area contributed by atoms with E-state index in [0.717, 1.165) is 30.4 Å². The van der Waals surface area contributed by atoms with Gasteiger partial charge in [0.15, 0.2) is 0 Å². The van der Waals surface area contributed by atoms with Crippen molar-refractivity contribution in [2.24, 2.45) is 5.41 Å². The average molecular weight is 426 g/mol. The number of carbonyl (C=O) groups excluding carboxylic acids is 2. The van der Waals surface area contributed by atoms with Gasteiger partial charge in [-0.15, -0.1) is 0 Å². The van der Waals surface area contributed by atoms with Gasteiger partial charge in [-0.25, -0.2) is 9.59 Å². The summed E-state index contributed by atoms with van der Waals surface area (Å²) in [6.07, 6.45) is 1.71. The van der Waals surface area contributed by atoms with E-state index in [1.54, 1.807) is 23.1 Å². The topological polar surface area (TPSA) is 65.1 Å². The predicted molar refractivity (Wildman–Crippen MR) is 99.4 cm³/mol. The number of halogens is 1. The molecule has 1 aliphatic heterocycles. The molecule has 0 aromatic heterocycles. The number of amides is 1. The molecule has 0 N–H and O–H groups in total. The standard InChI is InChI=1S/C19H24BrNO5/c1-18(2,3)26-17(23)21-10-19(11-21)8-13(9-19)25-15-6-5-12(7-14(15)20)16(22)24-4/h5-7,13H,8-11H2,1-4H3. The SMILES string of the molecule is COC(=O)c1ccc(OC2CC3(C2)CN(C(=O)OC(C)(C)C)C3)c(Br)c1. The van der Waals surface area contributed by atoms with Gasteiger partial charge in [-0.2, -0.15) is 0 Å². The Kier molecular flexibility index (Phi) is 4.94. The van der Waals surface area contributed by atoms with Crippen molar-refractivity contribution in [1.82, 2.24) is 4.90 Å². The van der Waals surface area contributed by atoms with E-state index in [1.165, 1.54) is 7.11 Å². The molecule has 2 fully saturated rings. The molecule has 0 bridgehead atoms. The van der Waals surface area contributed by atoms with Crippen molar-refractivity contribution in [3.05, 3.63) is 28.2 Å². The summed E-state index contributed by atoms with van der Waals surface area (Å²) < 4.78 is 16.9. The van der Waals surface area contributed by atoms with E-state index >= 15 is 0 Å². The van der Waals surface area contributed by atoms with E-state index in [-0.39, 0.29) is 23.6 Å². The lowest BCUT2D eigenvalue weighted by Gasteiger charge is -2.58. The van der Waals surface area contributed by atoms with Crippen LogP contribution in [-0.4, -0.2) is 48.9 Å². The maximum absolute atomic E-state index is 12.0. The summed E-state index contributed by atoms with van der Waals surface area (Å²) in [6, 6.07) is 5.16.